The standard InChI is InChI=1S/C50H77N9O24/c1-28(18-32(61)25-57-12-16-58(26-43(72)73)14-10-56(24-30(3)60)11-15-59(17-13-57)27-44(74)75)46(77)52-36(23-42(70)71)38(63)20-31(21-40(66)67)47(78)53-35(22-41(68)69)37(62)19-29(2)45(76)51-9-5-4-6-33(48(79)80)54-50(83)55-34(49(81)82)7-8-39(64)65/h28-29,31,33-36H,4-27H2,1-3H3,(H,51,76)(H,52,77)(H,53,78)(H,64,65)(H,66,67)(H,68,69)(H,70,71)(H,72,73)(H,74,75)(H,79,80)(H,81,82)(H2,54,55,83)/t28-,29+,31+,33+,34+,35+,36+/m1/s1. The van der Waals surface area contributed by atoms with Gasteiger partial charge in [-0.3, -0.25) is 81.9 Å². The number of unbranched alkanes of at least 4 members (excludes halogenated alkanes) is 1. The smallest absolute Gasteiger partial charge is 0.326 e. The average Bonchev–Trinajstić information content (AvgIpc) is 3.40. The molecule has 5 amide bonds. The summed E-state index contributed by atoms with van der Waals surface area (Å²) in [5, 5.41) is 86.4. The third-order valence-electron chi connectivity index (χ3n) is 12.9. The minimum atomic E-state index is -1.90. The molecule has 13 N–H and O–H groups in total. The second kappa shape index (κ2) is 37.9. The fourth-order valence-corrected chi connectivity index (χ4v) is 8.49. The topological polar surface area (TPSA) is 508 Å². The number of nitrogens with zero attached hydrogens (tertiary/aromatic N) is 4. The zero-order valence-electron chi connectivity index (χ0n) is 46.4. The second-order valence-corrected chi connectivity index (χ2v) is 20.2. The molecule has 1 rings (SSSR count). The molecule has 1 saturated heterocycles. The minimum absolute atomic E-state index is 0.0585. The Bertz CT molecular complexity index is 2320. The number of amides is 5. The summed E-state index contributed by atoms with van der Waals surface area (Å²) < 4.78 is 0. The van der Waals surface area contributed by atoms with Crippen LogP contribution in [-0.2, 0) is 71.9 Å². The minimum Gasteiger partial charge on any atom is -0.481 e. The van der Waals surface area contributed by atoms with Crippen molar-refractivity contribution < 1.29 is 118 Å². The monoisotopic (exact) mass is 1190 g/mol. The van der Waals surface area contributed by atoms with Gasteiger partial charge >= 0.3 is 53.8 Å². The molecule has 0 aromatic carbocycles. The van der Waals surface area contributed by atoms with E-state index in [-0.39, 0.29) is 110 Å². The normalized spacial score (nSPS) is 16.4. The van der Waals surface area contributed by atoms with Gasteiger partial charge in [-0.25, -0.2) is 14.4 Å². The Morgan fingerprint density at radius 3 is 1.23 bits per heavy atom. The Morgan fingerprint density at radius 2 is 0.807 bits per heavy atom. The number of carbonyl (C=O) groups is 16. The zero-order chi connectivity index (χ0) is 63.1. The molecular formula is C50H77N9O24. The maximum absolute atomic E-state index is 13.7. The number of Topliss-reactive ketones (excluding diaryl/α,β-unsaturated/α-hetero) is 4. The van der Waals surface area contributed by atoms with Crippen LogP contribution in [-0.4, -0.2) is 264 Å². The van der Waals surface area contributed by atoms with Crippen LogP contribution in [0.25, 0.3) is 0 Å². The van der Waals surface area contributed by atoms with E-state index < -0.39 is 182 Å². The maximum Gasteiger partial charge on any atom is 0.326 e. The van der Waals surface area contributed by atoms with Gasteiger partial charge in [-0.1, -0.05) is 13.8 Å². The Morgan fingerprint density at radius 1 is 0.398 bits per heavy atom. The van der Waals surface area contributed by atoms with Gasteiger partial charge in [0.15, 0.2) is 11.6 Å². The first-order valence-corrected chi connectivity index (χ1v) is 26.4. The van der Waals surface area contributed by atoms with Crippen LogP contribution < -0.4 is 26.6 Å². The van der Waals surface area contributed by atoms with E-state index in [0.29, 0.717) is 0 Å². The molecule has 0 unspecified atom stereocenters. The van der Waals surface area contributed by atoms with Gasteiger partial charge in [0.05, 0.1) is 63.4 Å². The van der Waals surface area contributed by atoms with Gasteiger partial charge < -0.3 is 67.4 Å². The summed E-state index contributed by atoms with van der Waals surface area (Å²) in [5.41, 5.74) is 0. The van der Waals surface area contributed by atoms with Crippen molar-refractivity contribution in [1.82, 2.24) is 46.2 Å². The molecule has 0 aromatic rings. The number of carboxylic acid groups (broad SMARTS) is 8. The molecule has 0 aliphatic carbocycles. The Balaban J connectivity index is 3.06. The van der Waals surface area contributed by atoms with E-state index in [4.69, 9.17) is 5.11 Å². The summed E-state index contributed by atoms with van der Waals surface area (Å²) in [4.78, 5) is 204. The predicted octanol–water partition coefficient (Wildman–Crippen LogP) is -3.52. The third-order valence-corrected chi connectivity index (χ3v) is 12.9. The van der Waals surface area contributed by atoms with Gasteiger partial charge in [-0.2, -0.15) is 0 Å². The number of ketones is 4. The number of hydrogen-bond donors (Lipinski definition) is 13. The van der Waals surface area contributed by atoms with E-state index in [1.54, 1.807) is 19.6 Å². The third kappa shape index (κ3) is 32.3. The maximum atomic E-state index is 13.7. The van der Waals surface area contributed by atoms with Gasteiger partial charge in [-0.15, -0.1) is 0 Å². The zero-order valence-corrected chi connectivity index (χ0v) is 46.4. The molecule has 7 atom stereocenters. The summed E-state index contributed by atoms with van der Waals surface area (Å²) in [7, 11) is 0. The van der Waals surface area contributed by atoms with Gasteiger partial charge in [-0.05, 0) is 32.6 Å². The number of aliphatic carboxylic acids is 8. The SMILES string of the molecule is CC(=O)CN1CCN(CC(=O)O)CCN(CC(=O)C[C@@H](C)C(=O)N[C@@H](CC(=O)O)C(=O)C[C@@H](CC(=O)O)C(=O)N[C@@H](CC(=O)O)C(=O)C[C@H](C)C(=O)NCCCC[C@H](NC(=O)N[C@@H](CCC(=O)O)C(=O)O)C(=O)O)CCN(CC(=O)O)CC1. The summed E-state index contributed by atoms with van der Waals surface area (Å²) in [5.74, 6) is -21.8. The van der Waals surface area contributed by atoms with E-state index in [1.807, 2.05) is 5.32 Å². The lowest BCUT2D eigenvalue weighted by molar-refractivity contribution is -0.145. The van der Waals surface area contributed by atoms with Crippen molar-refractivity contribution in [2.24, 2.45) is 17.8 Å². The van der Waals surface area contributed by atoms with E-state index in [0.717, 1.165) is 0 Å². The molecule has 1 fully saturated rings. The molecule has 0 bridgehead atoms. The molecule has 83 heavy (non-hydrogen) atoms. The van der Waals surface area contributed by atoms with Gasteiger partial charge in [0.2, 0.25) is 17.7 Å². The summed E-state index contributed by atoms with van der Waals surface area (Å²) in [6, 6.07) is -8.16. The summed E-state index contributed by atoms with van der Waals surface area (Å²) in [6.45, 7) is 4.36. The lowest BCUT2D eigenvalue weighted by atomic mass is 9.91. The van der Waals surface area contributed by atoms with Crippen LogP contribution in [0.15, 0.2) is 0 Å². The van der Waals surface area contributed by atoms with E-state index in [9.17, 15) is 112 Å². The van der Waals surface area contributed by atoms with Crippen LogP contribution in [0.5, 0.6) is 0 Å². The van der Waals surface area contributed by atoms with Crippen LogP contribution >= 0.6 is 0 Å². The van der Waals surface area contributed by atoms with Crippen LogP contribution in [0.1, 0.15) is 91.4 Å². The molecule has 1 aliphatic rings. The van der Waals surface area contributed by atoms with Crippen molar-refractivity contribution in [3.8, 4) is 0 Å². The van der Waals surface area contributed by atoms with Crippen LogP contribution in [0.3, 0.4) is 0 Å². The first-order valence-electron chi connectivity index (χ1n) is 26.4. The highest BCUT2D eigenvalue weighted by Gasteiger charge is 2.35. The average molecular weight is 1190 g/mol. The molecular weight excluding hydrogens is 1110 g/mol. The van der Waals surface area contributed by atoms with Crippen molar-refractivity contribution >= 4 is 94.6 Å². The first kappa shape index (κ1) is 73.0. The lowest BCUT2D eigenvalue weighted by Crippen LogP contribution is -2.51. The summed E-state index contributed by atoms with van der Waals surface area (Å²) in [6.07, 6.45) is -6.63. The number of urea groups is 1. The molecule has 0 spiro atoms. The van der Waals surface area contributed by atoms with E-state index >= 15 is 0 Å². The number of carboxylic acids is 8. The highest BCUT2D eigenvalue weighted by Crippen LogP contribution is 2.17. The largest absolute Gasteiger partial charge is 0.481 e. The molecule has 33 heteroatoms. The Kier molecular flexibility index (Phi) is 33.3. The molecule has 33 nitrogen and oxygen atoms in total. The highest BCUT2D eigenvalue weighted by molar-refractivity contribution is 5.99. The van der Waals surface area contributed by atoms with Crippen LogP contribution in [0.4, 0.5) is 4.79 Å². The van der Waals surface area contributed by atoms with Crippen molar-refractivity contribution in [2.75, 3.05) is 85.1 Å². The molecule has 1 aliphatic heterocycles. The highest BCUT2D eigenvalue weighted by atomic mass is 16.4. The lowest BCUT2D eigenvalue weighted by Gasteiger charge is -2.33. The molecule has 1 heterocycles. The molecule has 466 valence electrons. The number of nitrogens with one attached hydrogen (secondary N) is 5. The number of carbonyl (C=O) groups excluding carboxylic acids is 8. The molecule has 0 saturated carbocycles. The Labute approximate surface area is 475 Å². The second-order valence-electron chi connectivity index (χ2n) is 20.2. The predicted molar refractivity (Wildman–Crippen MR) is 281 cm³/mol. The Hall–Kier alpha value is -8.04. The van der Waals surface area contributed by atoms with Crippen LogP contribution in [0.2, 0.25) is 0 Å². The molecule has 0 radical (unpaired) electrons. The summed E-state index contributed by atoms with van der Waals surface area (Å²) >= 11 is 0. The van der Waals surface area contributed by atoms with Crippen LogP contribution in [0, 0.1) is 17.8 Å². The number of hydrogen-bond acceptors (Lipinski definition) is 20. The first-order chi connectivity index (χ1) is 38.8. The fraction of sp³-hybridized carbons (Fsp3) is 0.680. The van der Waals surface area contributed by atoms with Gasteiger partial charge in [0, 0.05) is 96.4 Å². The quantitative estimate of drug-likeness (QED) is 0.0265. The van der Waals surface area contributed by atoms with E-state index in [1.165, 1.54) is 20.8 Å². The molecule has 0 aromatic heterocycles. The van der Waals surface area contributed by atoms with Crippen molar-refractivity contribution in [2.45, 2.75) is 116 Å². The van der Waals surface area contributed by atoms with E-state index in [2.05, 4.69) is 21.3 Å². The van der Waals surface area contributed by atoms with Crippen molar-refractivity contribution in [1.29, 1.82) is 0 Å². The van der Waals surface area contributed by atoms with Crippen molar-refractivity contribution in [3.05, 3.63) is 0 Å². The van der Waals surface area contributed by atoms with Gasteiger partial charge in [0.1, 0.15) is 23.7 Å². The van der Waals surface area contributed by atoms with Gasteiger partial charge in [0.25, 0.3) is 0 Å². The number of rotatable bonds is 39. The van der Waals surface area contributed by atoms with Crippen molar-refractivity contribution in [3.63, 3.8) is 0 Å². The fourth-order valence-electron chi connectivity index (χ4n) is 8.49.